The van der Waals surface area contributed by atoms with Crippen LogP contribution in [0.1, 0.15) is 44.7 Å². The average Bonchev–Trinajstić information content (AvgIpc) is 3.11. The third kappa shape index (κ3) is 4.57. The second-order valence-electron chi connectivity index (χ2n) is 9.72. The van der Waals surface area contributed by atoms with Crippen molar-refractivity contribution in [2.45, 2.75) is 45.2 Å². The van der Waals surface area contributed by atoms with Crippen molar-refractivity contribution in [1.29, 1.82) is 0 Å². The lowest BCUT2D eigenvalue weighted by Crippen LogP contribution is -2.49. The molecule has 7 heteroatoms. The predicted molar refractivity (Wildman–Crippen MR) is 131 cm³/mol. The normalized spacial score (nSPS) is 19.8. The maximum Gasteiger partial charge on any atom is 0.326 e. The van der Waals surface area contributed by atoms with Crippen molar-refractivity contribution >= 4 is 17.8 Å². The molecule has 0 aromatic heterocycles. The van der Waals surface area contributed by atoms with Crippen molar-refractivity contribution in [2.24, 2.45) is 11.8 Å². The first-order chi connectivity index (χ1) is 16.3. The summed E-state index contributed by atoms with van der Waals surface area (Å²) in [6.45, 7) is 7.75. The maximum atomic E-state index is 13.8. The molecule has 4 rings (SSSR count). The minimum absolute atomic E-state index is 0.0340. The number of imide groups is 1. The van der Waals surface area contributed by atoms with Crippen molar-refractivity contribution in [3.8, 4) is 0 Å². The molecule has 2 aromatic carbocycles. The number of likely N-dealkylation sites (tertiary alicyclic amines) is 1. The Balaban J connectivity index is 1.47. The smallest absolute Gasteiger partial charge is 0.326 e. The van der Waals surface area contributed by atoms with Crippen LogP contribution in [0.4, 0.5) is 4.79 Å². The first kappa shape index (κ1) is 24.0. The molecular weight excluding hydrogens is 428 g/mol. The maximum absolute atomic E-state index is 13.8. The summed E-state index contributed by atoms with van der Waals surface area (Å²) in [6.07, 6.45) is 1.42. The molecule has 2 aliphatic heterocycles. The van der Waals surface area contributed by atoms with Gasteiger partial charge in [-0.15, -0.1) is 0 Å². The third-order valence-electron chi connectivity index (χ3n) is 7.19. The van der Waals surface area contributed by atoms with E-state index in [1.54, 1.807) is 0 Å². The molecule has 0 aliphatic carbocycles. The van der Waals surface area contributed by atoms with E-state index in [0.29, 0.717) is 31.8 Å². The monoisotopic (exact) mass is 462 g/mol. The Morgan fingerprint density at radius 1 is 0.971 bits per heavy atom. The number of piperidine rings is 1. The molecule has 0 radical (unpaired) electrons. The highest BCUT2D eigenvalue weighted by molar-refractivity contribution is 6.09. The van der Waals surface area contributed by atoms with Crippen molar-refractivity contribution in [2.75, 3.05) is 19.8 Å². The van der Waals surface area contributed by atoms with Crippen LogP contribution in [0, 0.1) is 11.8 Å². The van der Waals surface area contributed by atoms with Crippen LogP contribution in [0.5, 0.6) is 0 Å². The highest BCUT2D eigenvalue weighted by Gasteiger charge is 2.54. The van der Waals surface area contributed by atoms with Crippen LogP contribution in [0.3, 0.4) is 0 Å². The SMILES string of the molecule is CC(C)C(C)NC(=O)C1CCN(CN2C(=O)NC(c3ccccc3)(c3ccccc3)C2=O)CC1. The first-order valence-electron chi connectivity index (χ1n) is 12.1. The number of rotatable bonds is 7. The molecule has 0 saturated carbocycles. The lowest BCUT2D eigenvalue weighted by molar-refractivity contribution is -0.133. The number of nitrogens with one attached hydrogen (secondary N) is 2. The molecule has 2 fully saturated rings. The van der Waals surface area contributed by atoms with E-state index in [-0.39, 0.29) is 30.4 Å². The van der Waals surface area contributed by atoms with Crippen LogP contribution in [0.15, 0.2) is 60.7 Å². The predicted octanol–water partition coefficient (Wildman–Crippen LogP) is 3.31. The Bertz CT molecular complexity index is 977. The molecule has 180 valence electrons. The van der Waals surface area contributed by atoms with Gasteiger partial charge in [0.25, 0.3) is 5.91 Å². The van der Waals surface area contributed by atoms with Crippen molar-refractivity contribution < 1.29 is 14.4 Å². The standard InChI is InChI=1S/C27H34N4O3/c1-19(2)20(3)28-24(32)21-14-16-30(17-15-21)18-31-25(33)27(29-26(31)34,22-10-6-4-7-11-22)23-12-8-5-9-13-23/h4-13,19-21H,14-18H2,1-3H3,(H,28,32)(H,29,34). The van der Waals surface area contributed by atoms with Crippen LogP contribution in [0.2, 0.25) is 0 Å². The third-order valence-corrected chi connectivity index (χ3v) is 7.19. The molecule has 0 bridgehead atoms. The molecule has 2 saturated heterocycles. The Morgan fingerprint density at radius 2 is 1.50 bits per heavy atom. The summed E-state index contributed by atoms with van der Waals surface area (Å²) < 4.78 is 0. The molecule has 2 heterocycles. The van der Waals surface area contributed by atoms with E-state index in [4.69, 9.17) is 0 Å². The molecular formula is C27H34N4O3. The summed E-state index contributed by atoms with van der Waals surface area (Å²) in [5.41, 5.74) is 0.221. The molecule has 2 aromatic rings. The van der Waals surface area contributed by atoms with Gasteiger partial charge in [-0.3, -0.25) is 14.5 Å². The van der Waals surface area contributed by atoms with Crippen molar-refractivity contribution in [1.82, 2.24) is 20.4 Å². The lowest BCUT2D eigenvalue weighted by atomic mass is 9.83. The Hall–Kier alpha value is -3.19. The molecule has 1 atom stereocenters. The van der Waals surface area contributed by atoms with Gasteiger partial charge in [0.2, 0.25) is 5.91 Å². The summed E-state index contributed by atoms with van der Waals surface area (Å²) >= 11 is 0. The molecule has 7 nitrogen and oxygen atoms in total. The Morgan fingerprint density at radius 3 is 2.00 bits per heavy atom. The molecule has 4 amide bonds. The van der Waals surface area contributed by atoms with Crippen molar-refractivity contribution in [3.63, 3.8) is 0 Å². The Labute approximate surface area is 201 Å². The number of hydrogen-bond donors (Lipinski definition) is 2. The zero-order valence-corrected chi connectivity index (χ0v) is 20.2. The minimum Gasteiger partial charge on any atom is -0.353 e. The van der Waals surface area contributed by atoms with E-state index < -0.39 is 11.6 Å². The van der Waals surface area contributed by atoms with Crippen LogP contribution >= 0.6 is 0 Å². The van der Waals surface area contributed by atoms with Gasteiger partial charge in [0.1, 0.15) is 0 Å². The Kier molecular flexibility index (Phi) is 7.03. The fourth-order valence-corrected chi connectivity index (χ4v) is 4.68. The summed E-state index contributed by atoms with van der Waals surface area (Å²) in [7, 11) is 0. The number of benzene rings is 2. The van der Waals surface area contributed by atoms with Gasteiger partial charge in [-0.2, -0.15) is 0 Å². The average molecular weight is 463 g/mol. The fraction of sp³-hybridized carbons (Fsp3) is 0.444. The lowest BCUT2D eigenvalue weighted by Gasteiger charge is -2.34. The molecule has 2 aliphatic rings. The largest absolute Gasteiger partial charge is 0.353 e. The van der Waals surface area contributed by atoms with Gasteiger partial charge in [0, 0.05) is 25.0 Å². The minimum atomic E-state index is -1.25. The number of hydrogen-bond acceptors (Lipinski definition) is 4. The molecule has 34 heavy (non-hydrogen) atoms. The van der Waals surface area contributed by atoms with Crippen LogP contribution in [-0.2, 0) is 15.1 Å². The van der Waals surface area contributed by atoms with Crippen LogP contribution in [0.25, 0.3) is 0 Å². The fourth-order valence-electron chi connectivity index (χ4n) is 4.68. The van der Waals surface area contributed by atoms with Gasteiger partial charge in [-0.05, 0) is 36.8 Å². The topological polar surface area (TPSA) is 81.8 Å². The first-order valence-corrected chi connectivity index (χ1v) is 12.1. The molecule has 0 spiro atoms. The number of nitrogens with zero attached hydrogens (tertiary/aromatic N) is 2. The van der Waals surface area contributed by atoms with Gasteiger partial charge in [-0.25, -0.2) is 9.69 Å². The molecule has 1 unspecified atom stereocenters. The number of amides is 4. The summed E-state index contributed by atoms with van der Waals surface area (Å²) in [4.78, 5) is 42.9. The van der Waals surface area contributed by atoms with Crippen molar-refractivity contribution in [3.05, 3.63) is 71.8 Å². The number of carbonyl (C=O) groups excluding carboxylic acids is 3. The summed E-state index contributed by atoms with van der Waals surface area (Å²) in [6, 6.07) is 18.5. The number of carbonyl (C=O) groups is 3. The van der Waals surface area contributed by atoms with Gasteiger partial charge in [0.05, 0.1) is 6.67 Å². The van der Waals surface area contributed by atoms with E-state index >= 15 is 0 Å². The van der Waals surface area contributed by atoms with Crippen LogP contribution in [-0.4, -0.2) is 53.4 Å². The zero-order valence-electron chi connectivity index (χ0n) is 20.2. The quantitative estimate of drug-likeness (QED) is 0.619. The van der Waals surface area contributed by atoms with Gasteiger partial charge in [-0.1, -0.05) is 74.5 Å². The zero-order chi connectivity index (χ0) is 24.3. The summed E-state index contributed by atoms with van der Waals surface area (Å²) in [5, 5.41) is 6.11. The summed E-state index contributed by atoms with van der Waals surface area (Å²) in [5.74, 6) is 0.176. The molecule has 2 N–H and O–H groups in total. The highest BCUT2D eigenvalue weighted by Crippen LogP contribution is 2.36. The van der Waals surface area contributed by atoms with Crippen LogP contribution < -0.4 is 10.6 Å². The van der Waals surface area contributed by atoms with E-state index in [2.05, 4.69) is 29.4 Å². The second-order valence-corrected chi connectivity index (χ2v) is 9.72. The number of urea groups is 1. The van der Waals surface area contributed by atoms with E-state index in [0.717, 1.165) is 11.1 Å². The van der Waals surface area contributed by atoms with Gasteiger partial charge < -0.3 is 10.6 Å². The van der Waals surface area contributed by atoms with Gasteiger partial charge in [0.15, 0.2) is 5.54 Å². The van der Waals surface area contributed by atoms with E-state index in [1.807, 2.05) is 67.6 Å². The van der Waals surface area contributed by atoms with Gasteiger partial charge >= 0.3 is 6.03 Å². The van der Waals surface area contributed by atoms with E-state index in [9.17, 15) is 14.4 Å². The second kappa shape index (κ2) is 9.97. The van der Waals surface area contributed by atoms with E-state index in [1.165, 1.54) is 4.90 Å². The highest BCUT2D eigenvalue weighted by atomic mass is 16.2.